The largest absolute Gasteiger partial charge is 0.378 e. The highest BCUT2D eigenvalue weighted by Crippen LogP contribution is 2.27. The van der Waals surface area contributed by atoms with Gasteiger partial charge in [0.15, 0.2) is 11.6 Å². The van der Waals surface area contributed by atoms with Crippen LogP contribution in [0.25, 0.3) is 11.0 Å². The molecule has 0 bridgehead atoms. The van der Waals surface area contributed by atoms with Crippen LogP contribution in [0.15, 0.2) is 36.5 Å². The van der Waals surface area contributed by atoms with Crippen molar-refractivity contribution in [3.05, 3.63) is 59.3 Å². The molecule has 6 nitrogen and oxygen atoms in total. The molecule has 1 aliphatic rings. The normalized spacial score (nSPS) is 14.1. The van der Waals surface area contributed by atoms with Gasteiger partial charge in [-0.25, -0.2) is 13.8 Å². The van der Waals surface area contributed by atoms with Crippen molar-refractivity contribution >= 4 is 40.3 Å². The first-order valence-corrected chi connectivity index (χ1v) is 11.1. The van der Waals surface area contributed by atoms with Crippen molar-refractivity contribution in [3.8, 4) is 0 Å². The number of carbonyl (C=O) groups excluding carboxylic acids is 1. The molecule has 2 heterocycles. The zero-order valence-electron chi connectivity index (χ0n) is 17.0. The third-order valence-corrected chi connectivity index (χ3v) is 5.91. The Morgan fingerprint density at radius 1 is 1.19 bits per heavy atom. The Labute approximate surface area is 183 Å². The molecular formula is C22H22F2N4O2S. The monoisotopic (exact) mass is 444 g/mol. The number of aromatic nitrogens is 2. The number of hydrogen-bond acceptors (Lipinski definition) is 7. The Hall–Kier alpha value is -2.78. The predicted octanol–water partition coefficient (Wildman–Crippen LogP) is 4.45. The molecule has 0 unspecified atom stereocenters. The number of ether oxygens (including phenoxy) is 1. The molecule has 1 N–H and O–H groups in total. The van der Waals surface area contributed by atoms with Crippen molar-refractivity contribution < 1.29 is 18.3 Å². The number of fused-ring (bicyclic) bond motifs is 1. The minimum atomic E-state index is -0.901. The van der Waals surface area contributed by atoms with Crippen LogP contribution >= 0.6 is 11.9 Å². The molecule has 1 aliphatic heterocycles. The highest BCUT2D eigenvalue weighted by atomic mass is 32.2. The Balaban J connectivity index is 1.66. The zero-order chi connectivity index (χ0) is 21.8. The van der Waals surface area contributed by atoms with Gasteiger partial charge in [0.1, 0.15) is 11.6 Å². The molecule has 0 saturated carbocycles. The fraction of sp³-hybridized carbons (Fsp3) is 0.318. The van der Waals surface area contributed by atoms with Crippen LogP contribution in [-0.4, -0.2) is 47.8 Å². The second kappa shape index (κ2) is 9.57. The molecule has 1 aromatic heterocycles. The summed E-state index contributed by atoms with van der Waals surface area (Å²) in [5.74, 6) is -1.10. The molecule has 0 amide bonds. The number of benzene rings is 2. The summed E-state index contributed by atoms with van der Waals surface area (Å²) >= 11 is 1.30. The maximum absolute atomic E-state index is 14.9. The van der Waals surface area contributed by atoms with E-state index in [0.717, 1.165) is 18.2 Å². The van der Waals surface area contributed by atoms with E-state index in [1.54, 1.807) is 12.3 Å². The number of anilines is 2. The van der Waals surface area contributed by atoms with Gasteiger partial charge in [0, 0.05) is 24.4 Å². The van der Waals surface area contributed by atoms with Crippen LogP contribution in [-0.2, 0) is 4.74 Å². The first-order chi connectivity index (χ1) is 15.1. The van der Waals surface area contributed by atoms with Crippen molar-refractivity contribution in [2.45, 2.75) is 13.3 Å². The molecule has 0 atom stereocenters. The second-order valence-corrected chi connectivity index (χ2v) is 8.00. The lowest BCUT2D eigenvalue weighted by molar-refractivity contribution is 0.103. The Morgan fingerprint density at radius 3 is 2.77 bits per heavy atom. The maximum Gasteiger partial charge on any atom is 0.199 e. The van der Waals surface area contributed by atoms with Gasteiger partial charge in [0.05, 0.1) is 41.7 Å². The van der Waals surface area contributed by atoms with Crippen molar-refractivity contribution in [2.24, 2.45) is 0 Å². The van der Waals surface area contributed by atoms with E-state index in [1.807, 2.05) is 11.8 Å². The van der Waals surface area contributed by atoms with Crippen LogP contribution in [0.3, 0.4) is 0 Å². The first kappa shape index (κ1) is 21.5. The third kappa shape index (κ3) is 4.62. The average molecular weight is 445 g/mol. The summed E-state index contributed by atoms with van der Waals surface area (Å²) in [5, 5.41) is 0. The fourth-order valence-electron chi connectivity index (χ4n) is 3.30. The number of carbonyl (C=O) groups is 1. The van der Waals surface area contributed by atoms with Gasteiger partial charge in [0.2, 0.25) is 0 Å². The molecule has 0 radical (unpaired) electrons. The van der Waals surface area contributed by atoms with Gasteiger partial charge in [-0.15, -0.1) is 0 Å². The van der Waals surface area contributed by atoms with Crippen LogP contribution in [0.2, 0.25) is 0 Å². The molecule has 0 aliphatic carbocycles. The Morgan fingerprint density at radius 2 is 2.00 bits per heavy atom. The van der Waals surface area contributed by atoms with E-state index in [2.05, 4.69) is 14.7 Å². The van der Waals surface area contributed by atoms with Crippen molar-refractivity contribution in [2.75, 3.05) is 41.7 Å². The number of morpholine rings is 1. The molecule has 9 heteroatoms. The molecule has 3 aromatic rings. The number of rotatable bonds is 7. The SMILES string of the molecule is CCCSNc1ccc(F)c(C(=O)c2ccc3ncc(N4CCOCC4)nc3c2)c1F. The summed E-state index contributed by atoms with van der Waals surface area (Å²) in [4.78, 5) is 24.1. The van der Waals surface area contributed by atoms with Crippen molar-refractivity contribution in [1.82, 2.24) is 9.97 Å². The number of nitrogens with zero attached hydrogens (tertiary/aromatic N) is 3. The number of nitrogens with one attached hydrogen (secondary N) is 1. The average Bonchev–Trinajstić information content (AvgIpc) is 2.80. The van der Waals surface area contributed by atoms with Crippen LogP contribution in [0.1, 0.15) is 29.3 Å². The van der Waals surface area contributed by atoms with Gasteiger partial charge in [-0.2, -0.15) is 0 Å². The predicted molar refractivity (Wildman–Crippen MR) is 119 cm³/mol. The third-order valence-electron chi connectivity index (χ3n) is 4.93. The number of halogens is 2. The van der Waals surface area contributed by atoms with Crippen LogP contribution in [0, 0.1) is 11.6 Å². The first-order valence-electron chi connectivity index (χ1n) is 10.1. The summed E-state index contributed by atoms with van der Waals surface area (Å²) in [6.07, 6.45) is 2.58. The highest BCUT2D eigenvalue weighted by Gasteiger charge is 2.23. The van der Waals surface area contributed by atoms with Gasteiger partial charge in [-0.05, 0) is 36.8 Å². The zero-order valence-corrected chi connectivity index (χ0v) is 17.8. The van der Waals surface area contributed by atoms with E-state index in [4.69, 9.17) is 4.74 Å². The lowest BCUT2D eigenvalue weighted by Crippen LogP contribution is -2.36. The molecule has 162 valence electrons. The van der Waals surface area contributed by atoms with E-state index < -0.39 is 23.0 Å². The van der Waals surface area contributed by atoms with E-state index >= 15 is 0 Å². The topological polar surface area (TPSA) is 67.4 Å². The van der Waals surface area contributed by atoms with E-state index in [0.29, 0.717) is 43.2 Å². The fourth-order valence-corrected chi connectivity index (χ4v) is 3.92. The van der Waals surface area contributed by atoms with Crippen LogP contribution in [0.4, 0.5) is 20.3 Å². The van der Waals surface area contributed by atoms with E-state index in [9.17, 15) is 13.6 Å². The number of ketones is 1. The lowest BCUT2D eigenvalue weighted by Gasteiger charge is -2.27. The molecule has 4 rings (SSSR count). The Kier molecular flexibility index (Phi) is 6.62. The van der Waals surface area contributed by atoms with Crippen molar-refractivity contribution in [3.63, 3.8) is 0 Å². The Bertz CT molecular complexity index is 1110. The summed E-state index contributed by atoms with van der Waals surface area (Å²) in [6.45, 7) is 4.61. The molecule has 31 heavy (non-hydrogen) atoms. The molecular weight excluding hydrogens is 422 g/mol. The van der Waals surface area contributed by atoms with Crippen molar-refractivity contribution in [1.29, 1.82) is 0 Å². The summed E-state index contributed by atoms with van der Waals surface area (Å²) in [5.41, 5.74) is 0.735. The minimum absolute atomic E-state index is 0.0818. The van der Waals surface area contributed by atoms with Crippen LogP contribution in [0.5, 0.6) is 0 Å². The summed E-state index contributed by atoms with van der Waals surface area (Å²) in [7, 11) is 0. The van der Waals surface area contributed by atoms with E-state index in [1.165, 1.54) is 30.1 Å². The van der Waals surface area contributed by atoms with Crippen LogP contribution < -0.4 is 9.62 Å². The summed E-state index contributed by atoms with van der Waals surface area (Å²) < 4.78 is 37.6. The smallest absolute Gasteiger partial charge is 0.199 e. The van der Waals surface area contributed by atoms with E-state index in [-0.39, 0.29) is 11.3 Å². The quantitative estimate of drug-likeness (QED) is 0.328. The molecule has 1 fully saturated rings. The van der Waals surface area contributed by atoms with Gasteiger partial charge in [-0.1, -0.05) is 18.9 Å². The minimum Gasteiger partial charge on any atom is -0.378 e. The van der Waals surface area contributed by atoms with Gasteiger partial charge >= 0.3 is 0 Å². The van der Waals surface area contributed by atoms with Gasteiger partial charge in [-0.3, -0.25) is 9.78 Å². The van der Waals surface area contributed by atoms with Gasteiger partial charge < -0.3 is 14.4 Å². The molecule has 0 spiro atoms. The second-order valence-electron chi connectivity index (χ2n) is 7.09. The highest BCUT2D eigenvalue weighted by molar-refractivity contribution is 8.00. The van der Waals surface area contributed by atoms with Gasteiger partial charge in [0.25, 0.3) is 0 Å². The standard InChI is InChI=1S/C22H22F2N4O2S/c1-2-11-31-27-17-6-4-15(23)20(21(17)24)22(29)14-3-5-16-18(12-14)26-19(13-25-16)28-7-9-30-10-8-28/h3-6,12-13,27H,2,7-11H2,1H3. The lowest BCUT2D eigenvalue weighted by atomic mass is 10.0. The maximum atomic E-state index is 14.9. The molecule has 2 aromatic carbocycles. The summed E-state index contributed by atoms with van der Waals surface area (Å²) in [6, 6.07) is 7.07. The molecule has 1 saturated heterocycles. The number of hydrogen-bond donors (Lipinski definition) is 1.